The van der Waals surface area contributed by atoms with Gasteiger partial charge in [-0.3, -0.25) is 9.88 Å². The average Bonchev–Trinajstić information content (AvgIpc) is 2.27. The molecule has 0 saturated heterocycles. The largest absolute Gasteiger partial charge is 0.316 e. The van der Waals surface area contributed by atoms with Gasteiger partial charge in [0.25, 0.3) is 0 Å². The van der Waals surface area contributed by atoms with Gasteiger partial charge in [0.15, 0.2) is 0 Å². The second kappa shape index (κ2) is 7.61. The van der Waals surface area contributed by atoms with E-state index in [0.717, 1.165) is 37.6 Å². The Hall–Kier alpha value is -0.930. The van der Waals surface area contributed by atoms with E-state index in [9.17, 15) is 0 Å². The fourth-order valence-electron chi connectivity index (χ4n) is 2.41. The van der Waals surface area contributed by atoms with E-state index in [1.807, 2.05) is 13.0 Å². The van der Waals surface area contributed by atoms with Crippen LogP contribution in [0.2, 0.25) is 0 Å². The summed E-state index contributed by atoms with van der Waals surface area (Å²) in [4.78, 5) is 6.92. The lowest BCUT2D eigenvalue weighted by molar-refractivity contribution is 0.197. The zero-order chi connectivity index (χ0) is 14.3. The third-order valence-electron chi connectivity index (χ3n) is 3.11. The molecule has 108 valence electrons. The van der Waals surface area contributed by atoms with Gasteiger partial charge < -0.3 is 5.32 Å². The minimum atomic E-state index is 0.285. The van der Waals surface area contributed by atoms with E-state index in [1.165, 1.54) is 6.42 Å². The van der Waals surface area contributed by atoms with E-state index in [4.69, 9.17) is 0 Å². The van der Waals surface area contributed by atoms with Crippen LogP contribution in [0.25, 0.3) is 0 Å². The predicted molar refractivity (Wildman–Crippen MR) is 82.2 cm³/mol. The summed E-state index contributed by atoms with van der Waals surface area (Å²) < 4.78 is 0. The van der Waals surface area contributed by atoms with Crippen molar-refractivity contribution in [2.24, 2.45) is 5.41 Å². The molecule has 0 fully saturated rings. The Kier molecular flexibility index (Phi) is 6.46. The quantitative estimate of drug-likeness (QED) is 0.731. The van der Waals surface area contributed by atoms with Crippen molar-refractivity contribution < 1.29 is 0 Å². The highest BCUT2D eigenvalue weighted by atomic mass is 15.1. The van der Waals surface area contributed by atoms with Gasteiger partial charge in [-0.2, -0.15) is 0 Å². The Bertz CT molecular complexity index is 374. The van der Waals surface area contributed by atoms with Crippen molar-refractivity contribution in [1.82, 2.24) is 15.2 Å². The summed E-state index contributed by atoms with van der Waals surface area (Å²) in [5.74, 6) is 0. The summed E-state index contributed by atoms with van der Waals surface area (Å²) >= 11 is 0. The van der Waals surface area contributed by atoms with Crippen molar-refractivity contribution in [3.05, 3.63) is 29.6 Å². The van der Waals surface area contributed by atoms with E-state index in [1.54, 1.807) is 0 Å². The monoisotopic (exact) mass is 263 g/mol. The maximum absolute atomic E-state index is 4.56. The molecule has 3 nitrogen and oxygen atoms in total. The number of hydrogen-bond donors (Lipinski definition) is 1. The van der Waals surface area contributed by atoms with Gasteiger partial charge in [-0.05, 0) is 44.5 Å². The van der Waals surface area contributed by atoms with Crippen LogP contribution in [-0.4, -0.2) is 36.6 Å². The van der Waals surface area contributed by atoms with Crippen molar-refractivity contribution in [1.29, 1.82) is 0 Å². The van der Waals surface area contributed by atoms with Crippen molar-refractivity contribution in [3.63, 3.8) is 0 Å². The molecular weight excluding hydrogens is 234 g/mol. The van der Waals surface area contributed by atoms with Crippen molar-refractivity contribution in [2.75, 3.05) is 26.7 Å². The minimum absolute atomic E-state index is 0.285. The molecule has 0 atom stereocenters. The topological polar surface area (TPSA) is 28.2 Å². The molecule has 1 aromatic heterocycles. The smallest absolute Gasteiger partial charge is 0.0547 e. The molecule has 0 bridgehead atoms. The zero-order valence-electron chi connectivity index (χ0n) is 13.2. The molecule has 1 rings (SSSR count). The van der Waals surface area contributed by atoms with Gasteiger partial charge in [-0.15, -0.1) is 0 Å². The number of hydrogen-bond acceptors (Lipinski definition) is 3. The highest BCUT2D eigenvalue weighted by molar-refractivity contribution is 5.09. The maximum atomic E-state index is 4.56. The molecule has 0 aromatic carbocycles. The SMILES string of the molecule is CCCNCC(C)(C)CN(C)Cc1cccc(C)n1. The molecule has 0 unspecified atom stereocenters. The third kappa shape index (κ3) is 6.69. The number of rotatable bonds is 8. The van der Waals surface area contributed by atoms with Crippen LogP contribution in [0.4, 0.5) is 0 Å². The van der Waals surface area contributed by atoms with Gasteiger partial charge in [0.2, 0.25) is 0 Å². The van der Waals surface area contributed by atoms with Gasteiger partial charge in [0, 0.05) is 25.3 Å². The number of pyridine rings is 1. The molecule has 19 heavy (non-hydrogen) atoms. The molecule has 1 heterocycles. The van der Waals surface area contributed by atoms with Gasteiger partial charge in [-0.25, -0.2) is 0 Å². The van der Waals surface area contributed by atoms with Crippen LogP contribution in [0.5, 0.6) is 0 Å². The van der Waals surface area contributed by atoms with Crippen LogP contribution in [0.3, 0.4) is 0 Å². The molecule has 1 N–H and O–H groups in total. The predicted octanol–water partition coefficient (Wildman–Crippen LogP) is 2.85. The zero-order valence-corrected chi connectivity index (χ0v) is 13.2. The van der Waals surface area contributed by atoms with Crippen molar-refractivity contribution in [2.45, 2.75) is 40.7 Å². The lowest BCUT2D eigenvalue weighted by Crippen LogP contribution is -2.39. The molecule has 1 aromatic rings. The van der Waals surface area contributed by atoms with Crippen LogP contribution in [0.15, 0.2) is 18.2 Å². The van der Waals surface area contributed by atoms with E-state index in [2.05, 4.69) is 55.2 Å². The van der Waals surface area contributed by atoms with Crippen LogP contribution >= 0.6 is 0 Å². The summed E-state index contributed by atoms with van der Waals surface area (Å²) in [5.41, 5.74) is 2.53. The van der Waals surface area contributed by atoms with Crippen LogP contribution in [0, 0.1) is 12.3 Å². The summed E-state index contributed by atoms with van der Waals surface area (Å²) in [7, 11) is 2.17. The molecule has 0 aliphatic heterocycles. The Balaban J connectivity index is 2.43. The highest BCUT2D eigenvalue weighted by Gasteiger charge is 2.19. The standard InChI is InChI=1S/C16H29N3/c1-6-10-17-12-16(3,4)13-19(5)11-15-9-7-8-14(2)18-15/h7-9,17H,6,10-13H2,1-5H3. The van der Waals surface area contributed by atoms with Crippen molar-refractivity contribution in [3.8, 4) is 0 Å². The fourth-order valence-corrected chi connectivity index (χ4v) is 2.41. The number of aryl methyl sites for hydroxylation is 1. The lowest BCUT2D eigenvalue weighted by atomic mass is 9.92. The minimum Gasteiger partial charge on any atom is -0.316 e. The first-order valence-corrected chi connectivity index (χ1v) is 7.25. The number of nitrogens with one attached hydrogen (secondary N) is 1. The summed E-state index contributed by atoms with van der Waals surface area (Å²) in [6, 6.07) is 6.23. The first-order chi connectivity index (χ1) is 8.93. The molecule has 0 aliphatic carbocycles. The van der Waals surface area contributed by atoms with Gasteiger partial charge in [-0.1, -0.05) is 26.8 Å². The third-order valence-corrected chi connectivity index (χ3v) is 3.11. The molecule has 0 spiro atoms. The Morgan fingerprint density at radius 3 is 2.68 bits per heavy atom. The summed E-state index contributed by atoms with van der Waals surface area (Å²) in [6.07, 6.45) is 1.19. The highest BCUT2D eigenvalue weighted by Crippen LogP contribution is 2.16. The maximum Gasteiger partial charge on any atom is 0.0547 e. The van der Waals surface area contributed by atoms with Crippen LogP contribution in [0.1, 0.15) is 38.6 Å². The van der Waals surface area contributed by atoms with Crippen molar-refractivity contribution >= 4 is 0 Å². The van der Waals surface area contributed by atoms with E-state index < -0.39 is 0 Å². The van der Waals surface area contributed by atoms with Gasteiger partial charge >= 0.3 is 0 Å². The number of aromatic nitrogens is 1. The van der Waals surface area contributed by atoms with Gasteiger partial charge in [0.05, 0.1) is 5.69 Å². The van der Waals surface area contributed by atoms with Gasteiger partial charge in [0.1, 0.15) is 0 Å². The number of nitrogens with zero attached hydrogens (tertiary/aromatic N) is 2. The first-order valence-electron chi connectivity index (χ1n) is 7.25. The van der Waals surface area contributed by atoms with E-state index in [0.29, 0.717) is 0 Å². The Morgan fingerprint density at radius 1 is 1.32 bits per heavy atom. The van der Waals surface area contributed by atoms with E-state index >= 15 is 0 Å². The Morgan fingerprint density at radius 2 is 2.05 bits per heavy atom. The molecular formula is C16H29N3. The fraction of sp³-hybridized carbons (Fsp3) is 0.688. The van der Waals surface area contributed by atoms with Crippen LogP contribution < -0.4 is 5.32 Å². The molecule has 0 aliphatic rings. The summed E-state index contributed by atoms with van der Waals surface area (Å²) in [6.45, 7) is 13.0. The normalized spacial score (nSPS) is 12.1. The second-order valence-corrected chi connectivity index (χ2v) is 6.28. The van der Waals surface area contributed by atoms with E-state index in [-0.39, 0.29) is 5.41 Å². The summed E-state index contributed by atoms with van der Waals surface area (Å²) in [5, 5.41) is 3.51. The molecule has 0 saturated carbocycles. The average molecular weight is 263 g/mol. The first kappa shape index (κ1) is 16.1. The molecule has 0 radical (unpaired) electrons. The molecule has 0 amide bonds. The molecule has 3 heteroatoms. The Labute approximate surface area is 118 Å². The lowest BCUT2D eigenvalue weighted by Gasteiger charge is -2.30. The van der Waals surface area contributed by atoms with Crippen LogP contribution in [-0.2, 0) is 6.54 Å². The second-order valence-electron chi connectivity index (χ2n) is 6.28.